The van der Waals surface area contributed by atoms with Crippen molar-refractivity contribution in [3.05, 3.63) is 66.1 Å². The summed E-state index contributed by atoms with van der Waals surface area (Å²) < 4.78 is 10.8. The van der Waals surface area contributed by atoms with Crippen molar-refractivity contribution in [1.29, 1.82) is 0 Å². The van der Waals surface area contributed by atoms with Crippen LogP contribution >= 0.6 is 24.0 Å². The third-order valence-electron chi connectivity index (χ3n) is 4.81. The minimum absolute atomic E-state index is 0. The van der Waals surface area contributed by atoms with E-state index < -0.39 is 0 Å². The molecule has 7 nitrogen and oxygen atoms in total. The van der Waals surface area contributed by atoms with Gasteiger partial charge in [0.2, 0.25) is 6.79 Å². The zero-order chi connectivity index (χ0) is 20.1. The Kier molecular flexibility index (Phi) is 7.56. The SMILES string of the molecule is CN=C(NCCc1ccc2c(c1)OCO2)N(C)Cc1ncc(-c2ccccc2)[nH]1.I. The average molecular weight is 519 g/mol. The summed E-state index contributed by atoms with van der Waals surface area (Å²) in [6.07, 6.45) is 2.73. The fourth-order valence-corrected chi connectivity index (χ4v) is 3.31. The van der Waals surface area contributed by atoms with Crippen molar-refractivity contribution in [1.82, 2.24) is 20.2 Å². The zero-order valence-corrected chi connectivity index (χ0v) is 19.4. The molecule has 0 amide bonds. The van der Waals surface area contributed by atoms with Crippen molar-refractivity contribution in [2.75, 3.05) is 27.4 Å². The molecular formula is C22H26IN5O2. The zero-order valence-electron chi connectivity index (χ0n) is 17.1. The Morgan fingerprint density at radius 2 is 1.97 bits per heavy atom. The molecule has 2 N–H and O–H groups in total. The summed E-state index contributed by atoms with van der Waals surface area (Å²) in [4.78, 5) is 14.3. The van der Waals surface area contributed by atoms with E-state index in [1.54, 1.807) is 7.05 Å². The average Bonchev–Trinajstić information content (AvgIpc) is 3.41. The molecule has 0 radical (unpaired) electrons. The topological polar surface area (TPSA) is 74.8 Å². The molecule has 0 unspecified atom stereocenters. The number of nitrogens with one attached hydrogen (secondary N) is 2. The second-order valence-corrected chi connectivity index (χ2v) is 6.88. The third kappa shape index (κ3) is 5.24. The highest BCUT2D eigenvalue weighted by Gasteiger charge is 2.13. The number of halogens is 1. The summed E-state index contributed by atoms with van der Waals surface area (Å²) in [6, 6.07) is 16.2. The lowest BCUT2D eigenvalue weighted by atomic mass is 10.1. The minimum atomic E-state index is 0. The van der Waals surface area contributed by atoms with Gasteiger partial charge in [0.15, 0.2) is 17.5 Å². The van der Waals surface area contributed by atoms with E-state index in [-0.39, 0.29) is 24.0 Å². The number of H-pyrrole nitrogens is 1. The van der Waals surface area contributed by atoms with Crippen LogP contribution in [0.2, 0.25) is 0 Å². The number of guanidine groups is 1. The van der Waals surface area contributed by atoms with Gasteiger partial charge in [-0.1, -0.05) is 36.4 Å². The number of hydrogen-bond donors (Lipinski definition) is 2. The van der Waals surface area contributed by atoms with E-state index in [9.17, 15) is 0 Å². The first-order valence-corrected chi connectivity index (χ1v) is 9.62. The van der Waals surface area contributed by atoms with Gasteiger partial charge in [0.25, 0.3) is 0 Å². The fraction of sp³-hybridized carbons (Fsp3) is 0.273. The first-order valence-electron chi connectivity index (χ1n) is 9.62. The summed E-state index contributed by atoms with van der Waals surface area (Å²) in [5.74, 6) is 3.34. The molecule has 1 aliphatic rings. The predicted octanol–water partition coefficient (Wildman–Crippen LogP) is 3.67. The molecule has 0 saturated heterocycles. The summed E-state index contributed by atoms with van der Waals surface area (Å²) in [6.45, 7) is 1.70. The van der Waals surface area contributed by atoms with Gasteiger partial charge in [-0.05, 0) is 29.7 Å². The van der Waals surface area contributed by atoms with Crippen LogP contribution in [0, 0.1) is 0 Å². The Morgan fingerprint density at radius 1 is 1.17 bits per heavy atom. The van der Waals surface area contributed by atoms with Gasteiger partial charge >= 0.3 is 0 Å². The van der Waals surface area contributed by atoms with Crippen LogP contribution in [0.3, 0.4) is 0 Å². The van der Waals surface area contributed by atoms with Crippen molar-refractivity contribution < 1.29 is 9.47 Å². The fourth-order valence-electron chi connectivity index (χ4n) is 3.31. The quantitative estimate of drug-likeness (QED) is 0.296. The van der Waals surface area contributed by atoms with Gasteiger partial charge in [-0.25, -0.2) is 4.98 Å². The van der Waals surface area contributed by atoms with Gasteiger partial charge in [0.05, 0.1) is 18.4 Å². The number of benzene rings is 2. The minimum Gasteiger partial charge on any atom is -0.454 e. The van der Waals surface area contributed by atoms with Gasteiger partial charge in [-0.15, -0.1) is 24.0 Å². The second-order valence-electron chi connectivity index (χ2n) is 6.88. The van der Waals surface area contributed by atoms with Crippen LogP contribution in [0.5, 0.6) is 11.5 Å². The van der Waals surface area contributed by atoms with Crippen LogP contribution in [0.15, 0.2) is 59.7 Å². The summed E-state index contributed by atoms with van der Waals surface area (Å²) >= 11 is 0. The van der Waals surface area contributed by atoms with Gasteiger partial charge in [0, 0.05) is 20.6 Å². The lowest BCUT2D eigenvalue weighted by Crippen LogP contribution is -2.39. The van der Waals surface area contributed by atoms with Gasteiger partial charge in [-0.2, -0.15) is 0 Å². The molecule has 0 aliphatic carbocycles. The van der Waals surface area contributed by atoms with Crippen molar-refractivity contribution in [3.63, 3.8) is 0 Å². The Morgan fingerprint density at radius 3 is 2.77 bits per heavy atom. The van der Waals surface area contributed by atoms with Gasteiger partial charge in [0.1, 0.15) is 5.82 Å². The standard InChI is InChI=1S/C22H25N5O2.HI/c1-23-22(24-11-10-16-8-9-19-20(12-16)29-15-28-19)27(2)14-21-25-13-18(26-21)17-6-4-3-5-7-17;/h3-9,12-13H,10-11,14-15H2,1-2H3,(H,23,24)(H,25,26);1H. The number of aromatic amines is 1. The van der Waals surface area contributed by atoms with Gasteiger partial charge < -0.3 is 24.7 Å². The van der Waals surface area contributed by atoms with Crippen LogP contribution < -0.4 is 14.8 Å². The molecule has 30 heavy (non-hydrogen) atoms. The molecule has 1 aromatic heterocycles. The van der Waals surface area contributed by atoms with E-state index in [0.717, 1.165) is 47.5 Å². The number of aliphatic imine (C=N–C) groups is 1. The molecule has 2 aromatic carbocycles. The first-order chi connectivity index (χ1) is 14.2. The number of rotatable bonds is 6. The maximum absolute atomic E-state index is 5.44. The predicted molar refractivity (Wildman–Crippen MR) is 129 cm³/mol. The number of aromatic nitrogens is 2. The van der Waals surface area contributed by atoms with Crippen LogP contribution in [-0.4, -0.2) is 48.3 Å². The van der Waals surface area contributed by atoms with Crippen molar-refractivity contribution in [2.45, 2.75) is 13.0 Å². The van der Waals surface area contributed by atoms with Crippen molar-refractivity contribution in [2.24, 2.45) is 4.99 Å². The number of hydrogen-bond acceptors (Lipinski definition) is 4. The third-order valence-corrected chi connectivity index (χ3v) is 4.81. The molecule has 0 saturated carbocycles. The maximum Gasteiger partial charge on any atom is 0.231 e. The van der Waals surface area contributed by atoms with Gasteiger partial charge in [-0.3, -0.25) is 4.99 Å². The van der Waals surface area contributed by atoms with E-state index in [1.165, 1.54) is 5.56 Å². The molecule has 0 atom stereocenters. The smallest absolute Gasteiger partial charge is 0.231 e. The number of fused-ring (bicyclic) bond motifs is 1. The van der Waals surface area contributed by atoms with Crippen LogP contribution in [0.25, 0.3) is 11.3 Å². The summed E-state index contributed by atoms with van der Waals surface area (Å²) in [5.41, 5.74) is 3.33. The molecule has 0 fully saturated rings. The maximum atomic E-state index is 5.44. The Labute approximate surface area is 193 Å². The Hall–Kier alpha value is -2.75. The van der Waals surface area contributed by atoms with Crippen molar-refractivity contribution >= 4 is 29.9 Å². The normalized spacial score (nSPS) is 12.4. The van der Waals surface area contributed by atoms with Crippen molar-refractivity contribution in [3.8, 4) is 22.8 Å². The van der Waals surface area contributed by atoms with E-state index >= 15 is 0 Å². The molecule has 158 valence electrons. The van der Waals surface area contributed by atoms with Crippen LogP contribution in [0.1, 0.15) is 11.4 Å². The monoisotopic (exact) mass is 519 g/mol. The highest BCUT2D eigenvalue weighted by Crippen LogP contribution is 2.32. The molecule has 3 aromatic rings. The molecule has 2 heterocycles. The lowest BCUT2D eigenvalue weighted by Gasteiger charge is -2.21. The summed E-state index contributed by atoms with van der Waals surface area (Å²) in [7, 11) is 3.79. The molecule has 0 spiro atoms. The van der Waals surface area contributed by atoms with Crippen LogP contribution in [0.4, 0.5) is 0 Å². The highest BCUT2D eigenvalue weighted by molar-refractivity contribution is 14.0. The first kappa shape index (κ1) is 21.9. The number of ether oxygens (including phenoxy) is 2. The Balaban J connectivity index is 0.00000256. The van der Waals surface area contributed by atoms with E-state index in [0.29, 0.717) is 13.3 Å². The lowest BCUT2D eigenvalue weighted by molar-refractivity contribution is 0.174. The molecule has 0 bridgehead atoms. The van der Waals surface area contributed by atoms with Crippen LogP contribution in [-0.2, 0) is 13.0 Å². The largest absolute Gasteiger partial charge is 0.454 e. The molecular weight excluding hydrogens is 493 g/mol. The number of nitrogens with zero attached hydrogens (tertiary/aromatic N) is 3. The highest BCUT2D eigenvalue weighted by atomic mass is 127. The summed E-state index contributed by atoms with van der Waals surface area (Å²) in [5, 5.41) is 3.41. The number of imidazole rings is 1. The van der Waals surface area contributed by atoms with E-state index in [4.69, 9.17) is 9.47 Å². The molecule has 1 aliphatic heterocycles. The Bertz CT molecular complexity index is 990. The second kappa shape index (κ2) is 10.3. The van der Waals surface area contributed by atoms with E-state index in [2.05, 4.69) is 38.5 Å². The van der Waals surface area contributed by atoms with E-state index in [1.807, 2.05) is 48.5 Å². The molecule has 4 rings (SSSR count). The molecule has 8 heteroatoms.